The van der Waals surface area contributed by atoms with Crippen molar-refractivity contribution in [2.75, 3.05) is 12.4 Å². The van der Waals surface area contributed by atoms with Gasteiger partial charge >= 0.3 is 0 Å². The summed E-state index contributed by atoms with van der Waals surface area (Å²) in [6.07, 6.45) is 3.45. The number of rotatable bonds is 6. The molecule has 0 unspecified atom stereocenters. The normalized spacial score (nSPS) is 10.4. The molecule has 0 saturated heterocycles. The van der Waals surface area contributed by atoms with Crippen LogP contribution in [0.4, 0.5) is 5.13 Å². The van der Waals surface area contributed by atoms with Gasteiger partial charge in [-0.2, -0.15) is 0 Å². The van der Waals surface area contributed by atoms with Gasteiger partial charge in [0.2, 0.25) is 5.78 Å². The van der Waals surface area contributed by atoms with Crippen LogP contribution < -0.4 is 5.32 Å². The lowest BCUT2D eigenvalue weighted by Gasteiger charge is -2.02. The molecule has 2 aromatic rings. The summed E-state index contributed by atoms with van der Waals surface area (Å²) < 4.78 is 0. The van der Waals surface area contributed by atoms with Crippen LogP contribution in [0.5, 0.6) is 0 Å². The highest BCUT2D eigenvalue weighted by molar-refractivity contribution is 7.13. The van der Waals surface area contributed by atoms with E-state index in [0.717, 1.165) is 11.6 Å². The molecule has 0 amide bonds. The fraction of sp³-hybridized carbons (Fsp3) is 0.333. The Bertz CT molecular complexity index is 546. The van der Waals surface area contributed by atoms with Crippen molar-refractivity contribution >= 4 is 22.3 Å². The van der Waals surface area contributed by atoms with Gasteiger partial charge in [0, 0.05) is 18.0 Å². The number of hydrogen-bond donors (Lipinski definition) is 1. The van der Waals surface area contributed by atoms with E-state index in [0.29, 0.717) is 11.3 Å². The number of thiazole rings is 1. The number of aryl methyl sites for hydroxylation is 1. The van der Waals surface area contributed by atoms with Gasteiger partial charge in [0.15, 0.2) is 5.13 Å². The minimum absolute atomic E-state index is 0.0141. The minimum atomic E-state index is -0.0141. The van der Waals surface area contributed by atoms with Gasteiger partial charge in [0.25, 0.3) is 0 Å². The molecule has 3 nitrogen and oxygen atoms in total. The van der Waals surface area contributed by atoms with Crippen molar-refractivity contribution in [3.8, 4) is 0 Å². The molecule has 100 valence electrons. The number of anilines is 1. The smallest absolute Gasteiger partial charge is 0.212 e. The number of nitrogens with zero attached hydrogens (tertiary/aromatic N) is 1. The Kier molecular flexibility index (Phi) is 4.68. The summed E-state index contributed by atoms with van der Waals surface area (Å²) in [6, 6.07) is 7.86. The van der Waals surface area contributed by atoms with E-state index in [1.54, 1.807) is 12.4 Å². The number of benzene rings is 1. The Labute approximate surface area is 117 Å². The van der Waals surface area contributed by atoms with E-state index in [2.05, 4.69) is 17.2 Å². The number of aromatic nitrogens is 1. The Hall–Kier alpha value is -1.68. The number of carbonyl (C=O) groups excluding carboxylic acids is 1. The standard InChI is InChI=1S/C15H18N2OS/c1-3-4-5-11-6-8-12(9-7-11)14(18)13-10-19-15(16-2)17-13/h6-10H,3-5H2,1-2H3,(H,16,17). The third-order valence-electron chi connectivity index (χ3n) is 2.99. The highest BCUT2D eigenvalue weighted by atomic mass is 32.1. The van der Waals surface area contributed by atoms with Gasteiger partial charge < -0.3 is 5.32 Å². The van der Waals surface area contributed by atoms with Crippen molar-refractivity contribution in [2.24, 2.45) is 0 Å². The largest absolute Gasteiger partial charge is 0.365 e. The molecule has 0 aliphatic carbocycles. The summed E-state index contributed by atoms with van der Waals surface area (Å²) in [7, 11) is 1.80. The zero-order valence-electron chi connectivity index (χ0n) is 11.3. The second-order valence-corrected chi connectivity index (χ2v) is 5.28. The van der Waals surface area contributed by atoms with E-state index in [1.807, 2.05) is 24.3 Å². The summed E-state index contributed by atoms with van der Waals surface area (Å²) in [6.45, 7) is 2.18. The molecule has 1 aromatic carbocycles. The van der Waals surface area contributed by atoms with Crippen LogP contribution in [-0.2, 0) is 6.42 Å². The zero-order valence-corrected chi connectivity index (χ0v) is 12.1. The van der Waals surface area contributed by atoms with Crippen molar-refractivity contribution in [1.82, 2.24) is 4.98 Å². The fourth-order valence-electron chi connectivity index (χ4n) is 1.84. The maximum atomic E-state index is 12.2. The second kappa shape index (κ2) is 6.48. The molecule has 0 atom stereocenters. The second-order valence-electron chi connectivity index (χ2n) is 4.42. The van der Waals surface area contributed by atoms with Crippen molar-refractivity contribution in [3.63, 3.8) is 0 Å². The number of ketones is 1. The molecule has 1 heterocycles. The molecule has 0 saturated carbocycles. The Balaban J connectivity index is 2.10. The third kappa shape index (κ3) is 3.41. The van der Waals surface area contributed by atoms with Crippen molar-refractivity contribution < 1.29 is 4.79 Å². The molecule has 0 spiro atoms. The van der Waals surface area contributed by atoms with Crippen molar-refractivity contribution in [3.05, 3.63) is 46.5 Å². The highest BCUT2D eigenvalue weighted by Crippen LogP contribution is 2.18. The SMILES string of the molecule is CCCCc1ccc(C(=O)c2csc(NC)n2)cc1. The Morgan fingerprint density at radius 2 is 2.05 bits per heavy atom. The van der Waals surface area contributed by atoms with Gasteiger partial charge in [-0.25, -0.2) is 4.98 Å². The first kappa shape index (κ1) is 13.7. The van der Waals surface area contributed by atoms with E-state index >= 15 is 0 Å². The van der Waals surface area contributed by atoms with E-state index in [9.17, 15) is 4.79 Å². The van der Waals surface area contributed by atoms with Crippen LogP contribution >= 0.6 is 11.3 Å². The van der Waals surface area contributed by atoms with Gasteiger partial charge in [-0.3, -0.25) is 4.79 Å². The first-order valence-electron chi connectivity index (χ1n) is 6.51. The average molecular weight is 274 g/mol. The maximum Gasteiger partial charge on any atom is 0.212 e. The molecule has 1 aromatic heterocycles. The summed E-state index contributed by atoms with van der Waals surface area (Å²) in [5, 5.41) is 5.50. The average Bonchev–Trinajstić information content (AvgIpc) is 2.94. The molecular weight excluding hydrogens is 256 g/mol. The first-order valence-corrected chi connectivity index (χ1v) is 7.39. The Morgan fingerprint density at radius 3 is 2.63 bits per heavy atom. The number of unbranched alkanes of at least 4 members (excludes halogenated alkanes) is 1. The summed E-state index contributed by atoms with van der Waals surface area (Å²) in [5.74, 6) is -0.0141. The van der Waals surface area contributed by atoms with E-state index < -0.39 is 0 Å². The predicted octanol–water partition coefficient (Wildman–Crippen LogP) is 3.76. The molecule has 19 heavy (non-hydrogen) atoms. The molecule has 1 N–H and O–H groups in total. The van der Waals surface area contributed by atoms with E-state index in [4.69, 9.17) is 0 Å². The maximum absolute atomic E-state index is 12.2. The highest BCUT2D eigenvalue weighted by Gasteiger charge is 2.12. The van der Waals surface area contributed by atoms with Crippen molar-refractivity contribution in [2.45, 2.75) is 26.2 Å². The Morgan fingerprint density at radius 1 is 1.32 bits per heavy atom. The number of carbonyl (C=O) groups is 1. The molecule has 0 aliphatic heterocycles. The van der Waals surface area contributed by atoms with Crippen LogP contribution in [0, 0.1) is 0 Å². The lowest BCUT2D eigenvalue weighted by atomic mass is 10.0. The lowest BCUT2D eigenvalue weighted by Crippen LogP contribution is -2.02. The fourth-order valence-corrected chi connectivity index (χ4v) is 2.50. The van der Waals surface area contributed by atoms with Crippen LogP contribution in [0.25, 0.3) is 0 Å². The van der Waals surface area contributed by atoms with Crippen LogP contribution in [-0.4, -0.2) is 17.8 Å². The third-order valence-corrected chi connectivity index (χ3v) is 3.85. The first-order chi connectivity index (χ1) is 9.24. The van der Waals surface area contributed by atoms with Crippen LogP contribution in [0.3, 0.4) is 0 Å². The van der Waals surface area contributed by atoms with E-state index in [-0.39, 0.29) is 5.78 Å². The minimum Gasteiger partial charge on any atom is -0.365 e. The van der Waals surface area contributed by atoms with Crippen LogP contribution in [0.15, 0.2) is 29.6 Å². The molecule has 0 radical (unpaired) electrons. The van der Waals surface area contributed by atoms with Gasteiger partial charge in [0.05, 0.1) is 0 Å². The van der Waals surface area contributed by atoms with E-state index in [1.165, 1.54) is 29.7 Å². The molecule has 0 bridgehead atoms. The topological polar surface area (TPSA) is 42.0 Å². The van der Waals surface area contributed by atoms with Crippen LogP contribution in [0.1, 0.15) is 41.4 Å². The molecular formula is C15H18N2OS. The monoisotopic (exact) mass is 274 g/mol. The summed E-state index contributed by atoms with van der Waals surface area (Å²) >= 11 is 1.44. The van der Waals surface area contributed by atoms with Crippen molar-refractivity contribution in [1.29, 1.82) is 0 Å². The summed E-state index contributed by atoms with van der Waals surface area (Å²) in [5.41, 5.74) is 2.50. The molecule has 4 heteroatoms. The number of nitrogens with one attached hydrogen (secondary N) is 1. The quantitative estimate of drug-likeness (QED) is 0.816. The van der Waals surface area contributed by atoms with Crippen LogP contribution in [0.2, 0.25) is 0 Å². The molecule has 0 aliphatic rings. The van der Waals surface area contributed by atoms with Gasteiger partial charge in [-0.15, -0.1) is 11.3 Å². The predicted molar refractivity (Wildman–Crippen MR) is 80.1 cm³/mol. The van der Waals surface area contributed by atoms with Gasteiger partial charge in [0.1, 0.15) is 5.69 Å². The molecule has 0 fully saturated rings. The molecule has 2 rings (SSSR count). The zero-order chi connectivity index (χ0) is 13.7. The number of hydrogen-bond acceptors (Lipinski definition) is 4. The lowest BCUT2D eigenvalue weighted by molar-refractivity contribution is 0.103. The van der Waals surface area contributed by atoms with Gasteiger partial charge in [-0.1, -0.05) is 37.6 Å². The van der Waals surface area contributed by atoms with Gasteiger partial charge in [-0.05, 0) is 18.4 Å². The summed E-state index contributed by atoms with van der Waals surface area (Å²) in [4.78, 5) is 16.5.